The van der Waals surface area contributed by atoms with Crippen molar-refractivity contribution < 1.29 is 34.1 Å². The number of methoxy groups -OCH3 is 1. The van der Waals surface area contributed by atoms with Crippen LogP contribution >= 0.6 is 0 Å². The predicted octanol–water partition coefficient (Wildman–Crippen LogP) is 0.442. The highest BCUT2D eigenvalue weighted by Crippen LogP contribution is 2.13. The summed E-state index contributed by atoms with van der Waals surface area (Å²) in [5.74, 6) is -3.23. The minimum absolute atomic E-state index is 0.0734. The van der Waals surface area contributed by atoms with Crippen LogP contribution in [0.15, 0.2) is 11.1 Å². The molecule has 0 aromatic rings. The Hall–Kier alpha value is -1.89. The van der Waals surface area contributed by atoms with E-state index in [4.69, 9.17) is 14.9 Å². The third-order valence-electron chi connectivity index (χ3n) is 2.06. The molecule has 0 unspecified atom stereocenters. The van der Waals surface area contributed by atoms with Gasteiger partial charge in [0.1, 0.15) is 6.61 Å². The molecule has 0 saturated carbocycles. The zero-order valence-electron chi connectivity index (χ0n) is 10.3. The summed E-state index contributed by atoms with van der Waals surface area (Å²) in [4.78, 5) is 32.6. The van der Waals surface area contributed by atoms with E-state index in [0.29, 0.717) is 0 Å². The molecule has 0 amide bonds. The molecule has 0 saturated heterocycles. The quantitative estimate of drug-likeness (QED) is 0.370. The van der Waals surface area contributed by atoms with Crippen LogP contribution in [0, 0.1) is 0 Å². The monoisotopic (exact) mass is 260 g/mol. The first-order valence-electron chi connectivity index (χ1n) is 5.16. The molecule has 0 aliphatic heterocycles. The fourth-order valence-corrected chi connectivity index (χ4v) is 1.17. The number of esters is 1. The number of carboxylic acids is 2. The molecule has 0 radical (unpaired) electrons. The molecule has 2 N–H and O–H groups in total. The molecular formula is C11H16O7. The molecule has 0 aromatic carbocycles. The van der Waals surface area contributed by atoms with Crippen molar-refractivity contribution in [2.75, 3.05) is 20.3 Å². The molecule has 0 aromatic heterocycles. The summed E-state index contributed by atoms with van der Waals surface area (Å²) in [5.41, 5.74) is -0.126. The minimum atomic E-state index is -1.35. The maximum atomic E-state index is 11.3. The highest BCUT2D eigenvalue weighted by atomic mass is 16.6. The smallest absolute Gasteiger partial charge is 0.332 e. The Morgan fingerprint density at radius 1 is 1.06 bits per heavy atom. The van der Waals surface area contributed by atoms with Crippen molar-refractivity contribution in [1.29, 1.82) is 0 Å². The molecule has 0 atom stereocenters. The van der Waals surface area contributed by atoms with E-state index in [9.17, 15) is 14.4 Å². The summed E-state index contributed by atoms with van der Waals surface area (Å²) in [5, 5.41) is 17.4. The Morgan fingerprint density at radius 2 is 1.67 bits per heavy atom. The van der Waals surface area contributed by atoms with Gasteiger partial charge in [0.05, 0.1) is 19.4 Å². The third kappa shape index (κ3) is 6.64. The van der Waals surface area contributed by atoms with Gasteiger partial charge in [0.15, 0.2) is 0 Å². The van der Waals surface area contributed by atoms with Crippen LogP contribution in [0.4, 0.5) is 0 Å². The van der Waals surface area contributed by atoms with Crippen LogP contribution in [-0.4, -0.2) is 48.4 Å². The second-order valence-corrected chi connectivity index (χ2v) is 3.52. The fraction of sp³-hybridized carbons (Fsp3) is 0.545. The lowest BCUT2D eigenvalue weighted by Crippen LogP contribution is -2.13. The number of rotatable bonds is 8. The van der Waals surface area contributed by atoms with Crippen LogP contribution < -0.4 is 0 Å². The average molecular weight is 260 g/mol. The topological polar surface area (TPSA) is 110 Å². The number of carbonyl (C=O) groups excluding carboxylic acids is 1. The zero-order chi connectivity index (χ0) is 14.1. The number of carbonyl (C=O) groups is 3. The highest BCUT2D eigenvalue weighted by Gasteiger charge is 2.17. The molecule has 0 spiro atoms. The van der Waals surface area contributed by atoms with Gasteiger partial charge in [0.25, 0.3) is 0 Å². The van der Waals surface area contributed by atoms with Crippen LogP contribution in [0.2, 0.25) is 0 Å². The van der Waals surface area contributed by atoms with Crippen molar-refractivity contribution in [3.8, 4) is 0 Å². The summed E-state index contributed by atoms with van der Waals surface area (Å²) in [6.45, 7) is 1.71. The van der Waals surface area contributed by atoms with Gasteiger partial charge in [-0.25, -0.2) is 4.79 Å². The van der Waals surface area contributed by atoms with Gasteiger partial charge < -0.3 is 19.7 Å². The minimum Gasteiger partial charge on any atom is -0.481 e. The first kappa shape index (κ1) is 16.1. The molecule has 18 heavy (non-hydrogen) atoms. The second-order valence-electron chi connectivity index (χ2n) is 3.52. The van der Waals surface area contributed by atoms with Gasteiger partial charge in [-0.2, -0.15) is 0 Å². The Labute approximate surface area is 104 Å². The van der Waals surface area contributed by atoms with E-state index in [0.717, 1.165) is 0 Å². The van der Waals surface area contributed by atoms with Crippen LogP contribution in [0.25, 0.3) is 0 Å². The first-order chi connectivity index (χ1) is 8.38. The lowest BCUT2D eigenvalue weighted by Gasteiger charge is -2.07. The van der Waals surface area contributed by atoms with Gasteiger partial charge in [0.2, 0.25) is 0 Å². The molecule has 7 nitrogen and oxygen atoms in total. The van der Waals surface area contributed by atoms with Crippen molar-refractivity contribution >= 4 is 17.9 Å². The molecule has 0 aliphatic rings. The van der Waals surface area contributed by atoms with Crippen molar-refractivity contribution in [3.05, 3.63) is 11.1 Å². The number of carboxylic acid groups (broad SMARTS) is 2. The van der Waals surface area contributed by atoms with Crippen molar-refractivity contribution in [2.24, 2.45) is 0 Å². The molecule has 0 heterocycles. The predicted molar refractivity (Wildman–Crippen MR) is 60.0 cm³/mol. The Bertz CT molecular complexity index is 356. The van der Waals surface area contributed by atoms with E-state index < -0.39 is 24.3 Å². The van der Waals surface area contributed by atoms with Gasteiger partial charge in [-0.1, -0.05) is 5.57 Å². The SMILES string of the molecule is COCCOC(=O)CC(C)=C(CC(=O)O)C(=O)O. The number of ether oxygens (including phenoxy) is 2. The van der Waals surface area contributed by atoms with E-state index in [1.165, 1.54) is 14.0 Å². The van der Waals surface area contributed by atoms with Crippen LogP contribution in [0.5, 0.6) is 0 Å². The molecule has 7 heteroatoms. The maximum absolute atomic E-state index is 11.3. The molecule has 0 bridgehead atoms. The van der Waals surface area contributed by atoms with E-state index in [2.05, 4.69) is 4.74 Å². The maximum Gasteiger partial charge on any atom is 0.332 e. The Balaban J connectivity index is 4.55. The fourth-order valence-electron chi connectivity index (χ4n) is 1.17. The lowest BCUT2D eigenvalue weighted by molar-refractivity contribution is -0.144. The van der Waals surface area contributed by atoms with Crippen molar-refractivity contribution in [1.82, 2.24) is 0 Å². The van der Waals surface area contributed by atoms with E-state index in [1.54, 1.807) is 0 Å². The van der Waals surface area contributed by atoms with Crippen LogP contribution in [0.3, 0.4) is 0 Å². The summed E-state index contributed by atoms with van der Waals surface area (Å²) < 4.78 is 9.42. The van der Waals surface area contributed by atoms with E-state index in [1.807, 2.05) is 0 Å². The molecule has 102 valence electrons. The molecule has 0 rings (SSSR count). The summed E-state index contributed by atoms with van der Waals surface area (Å²) in [6.07, 6.45) is -0.884. The van der Waals surface area contributed by atoms with Gasteiger partial charge >= 0.3 is 17.9 Å². The molecular weight excluding hydrogens is 244 g/mol. The standard InChI is InChI=1S/C11H16O7/c1-7(5-10(14)18-4-3-17-2)8(11(15)16)6-9(12)13/h3-6H2,1-2H3,(H,12,13)(H,15,16). The van der Waals surface area contributed by atoms with Gasteiger partial charge in [-0.3, -0.25) is 9.59 Å². The summed E-state index contributed by atoms with van der Waals surface area (Å²) in [7, 11) is 1.45. The van der Waals surface area contributed by atoms with Gasteiger partial charge in [0, 0.05) is 12.7 Å². The van der Waals surface area contributed by atoms with Crippen LogP contribution in [-0.2, 0) is 23.9 Å². The number of hydrogen-bond donors (Lipinski definition) is 2. The summed E-state index contributed by atoms with van der Waals surface area (Å²) in [6, 6.07) is 0. The van der Waals surface area contributed by atoms with E-state index >= 15 is 0 Å². The third-order valence-corrected chi connectivity index (χ3v) is 2.06. The Morgan fingerprint density at radius 3 is 2.11 bits per heavy atom. The Kier molecular flexibility index (Phi) is 7.37. The first-order valence-corrected chi connectivity index (χ1v) is 5.16. The van der Waals surface area contributed by atoms with Gasteiger partial charge in [-0.05, 0) is 6.92 Å². The summed E-state index contributed by atoms with van der Waals surface area (Å²) >= 11 is 0. The van der Waals surface area contributed by atoms with Crippen molar-refractivity contribution in [2.45, 2.75) is 19.8 Å². The average Bonchev–Trinajstić information content (AvgIpc) is 2.25. The highest BCUT2D eigenvalue weighted by molar-refractivity contribution is 5.93. The van der Waals surface area contributed by atoms with E-state index in [-0.39, 0.29) is 30.8 Å². The largest absolute Gasteiger partial charge is 0.481 e. The number of aliphatic carboxylic acids is 2. The zero-order valence-corrected chi connectivity index (χ0v) is 10.3. The molecule has 0 fully saturated rings. The number of hydrogen-bond acceptors (Lipinski definition) is 5. The lowest BCUT2D eigenvalue weighted by atomic mass is 10.0. The van der Waals surface area contributed by atoms with Crippen molar-refractivity contribution in [3.63, 3.8) is 0 Å². The molecule has 0 aliphatic carbocycles. The second kappa shape index (κ2) is 8.24. The van der Waals surface area contributed by atoms with Crippen LogP contribution in [0.1, 0.15) is 19.8 Å². The van der Waals surface area contributed by atoms with Gasteiger partial charge in [-0.15, -0.1) is 0 Å². The normalized spacial score (nSPS) is 11.7.